The Morgan fingerprint density at radius 2 is 1.86 bits per heavy atom. The highest BCUT2D eigenvalue weighted by atomic mass is 16.5. The molecule has 0 aliphatic rings. The van der Waals surface area contributed by atoms with Crippen molar-refractivity contribution in [2.24, 2.45) is 0 Å². The van der Waals surface area contributed by atoms with E-state index in [2.05, 4.69) is 9.47 Å². The summed E-state index contributed by atoms with van der Waals surface area (Å²) >= 11 is 0. The Balaban J connectivity index is 3.51. The van der Waals surface area contributed by atoms with Crippen molar-refractivity contribution in [3.05, 3.63) is 0 Å². The molecule has 14 heavy (non-hydrogen) atoms. The van der Waals surface area contributed by atoms with Crippen LogP contribution in [0.2, 0.25) is 0 Å². The van der Waals surface area contributed by atoms with E-state index < -0.39 is 24.6 Å². The molecular formula is C8H14O6. The van der Waals surface area contributed by atoms with E-state index in [1.807, 2.05) is 0 Å². The van der Waals surface area contributed by atoms with Gasteiger partial charge in [-0.1, -0.05) is 0 Å². The van der Waals surface area contributed by atoms with E-state index in [-0.39, 0.29) is 19.4 Å². The van der Waals surface area contributed by atoms with Crippen molar-refractivity contribution >= 4 is 11.9 Å². The van der Waals surface area contributed by atoms with Gasteiger partial charge in [-0.15, -0.1) is 0 Å². The molecule has 0 spiro atoms. The Labute approximate surface area is 81.4 Å². The van der Waals surface area contributed by atoms with Gasteiger partial charge in [0.2, 0.25) is 0 Å². The van der Waals surface area contributed by atoms with Crippen LogP contribution in [0.4, 0.5) is 0 Å². The second kappa shape index (κ2) is 7.28. The number of ether oxygens (including phenoxy) is 2. The molecule has 0 heterocycles. The highest BCUT2D eigenvalue weighted by Gasteiger charge is 2.10. The predicted molar refractivity (Wildman–Crippen MR) is 45.3 cm³/mol. The molecule has 0 bridgehead atoms. The molecular weight excluding hydrogens is 192 g/mol. The normalized spacial score (nSPS) is 11.9. The SMILES string of the molecule is COC(=O)CCC(=O)OCC(O)CO. The van der Waals surface area contributed by atoms with Crippen molar-refractivity contribution in [2.75, 3.05) is 20.3 Å². The number of methoxy groups -OCH3 is 1. The van der Waals surface area contributed by atoms with Gasteiger partial charge in [-0.05, 0) is 0 Å². The largest absolute Gasteiger partial charge is 0.469 e. The molecule has 82 valence electrons. The number of hydrogen-bond acceptors (Lipinski definition) is 6. The second-order valence-electron chi connectivity index (χ2n) is 2.60. The van der Waals surface area contributed by atoms with Crippen molar-refractivity contribution in [3.63, 3.8) is 0 Å². The van der Waals surface area contributed by atoms with Crippen molar-refractivity contribution in [1.82, 2.24) is 0 Å². The minimum absolute atomic E-state index is 0.0510. The van der Waals surface area contributed by atoms with Gasteiger partial charge < -0.3 is 19.7 Å². The summed E-state index contributed by atoms with van der Waals surface area (Å²) in [6, 6.07) is 0. The van der Waals surface area contributed by atoms with Crippen LogP contribution < -0.4 is 0 Å². The molecule has 1 atom stereocenters. The number of esters is 2. The van der Waals surface area contributed by atoms with Crippen LogP contribution in [0, 0.1) is 0 Å². The number of carbonyl (C=O) groups excluding carboxylic acids is 2. The van der Waals surface area contributed by atoms with Crippen LogP contribution >= 0.6 is 0 Å². The molecule has 0 saturated carbocycles. The maximum Gasteiger partial charge on any atom is 0.306 e. The first-order valence-corrected chi connectivity index (χ1v) is 4.11. The standard InChI is InChI=1S/C8H14O6/c1-13-7(11)2-3-8(12)14-5-6(10)4-9/h6,9-10H,2-5H2,1H3. The molecule has 0 aromatic rings. The smallest absolute Gasteiger partial charge is 0.306 e. The maximum atomic E-state index is 10.9. The zero-order valence-corrected chi connectivity index (χ0v) is 7.93. The molecule has 0 fully saturated rings. The van der Waals surface area contributed by atoms with E-state index in [1.165, 1.54) is 7.11 Å². The summed E-state index contributed by atoms with van der Waals surface area (Å²) in [4.78, 5) is 21.5. The number of rotatable bonds is 6. The average Bonchev–Trinajstić information content (AvgIpc) is 2.22. The zero-order valence-electron chi connectivity index (χ0n) is 7.93. The van der Waals surface area contributed by atoms with Crippen molar-refractivity contribution in [1.29, 1.82) is 0 Å². The molecule has 0 saturated heterocycles. The minimum atomic E-state index is -1.07. The summed E-state index contributed by atoms with van der Waals surface area (Å²) in [5, 5.41) is 17.2. The summed E-state index contributed by atoms with van der Waals surface area (Å²) in [7, 11) is 1.23. The third-order valence-electron chi connectivity index (χ3n) is 1.41. The lowest BCUT2D eigenvalue weighted by Crippen LogP contribution is -2.22. The summed E-state index contributed by atoms with van der Waals surface area (Å²) in [6.45, 7) is -0.735. The first-order chi connectivity index (χ1) is 6.60. The van der Waals surface area contributed by atoms with Gasteiger partial charge in [0.05, 0.1) is 26.6 Å². The fourth-order valence-corrected chi connectivity index (χ4v) is 0.620. The van der Waals surface area contributed by atoms with Crippen LogP contribution in [0.1, 0.15) is 12.8 Å². The molecule has 6 heteroatoms. The number of carbonyl (C=O) groups is 2. The third-order valence-corrected chi connectivity index (χ3v) is 1.41. The molecule has 0 aliphatic carbocycles. The fourth-order valence-electron chi connectivity index (χ4n) is 0.620. The van der Waals surface area contributed by atoms with Crippen LogP contribution in [0.15, 0.2) is 0 Å². The molecule has 2 N–H and O–H groups in total. The van der Waals surface area contributed by atoms with E-state index in [9.17, 15) is 9.59 Å². The Kier molecular flexibility index (Phi) is 6.69. The van der Waals surface area contributed by atoms with Crippen molar-refractivity contribution in [3.8, 4) is 0 Å². The van der Waals surface area contributed by atoms with E-state index >= 15 is 0 Å². The minimum Gasteiger partial charge on any atom is -0.469 e. The fraction of sp³-hybridized carbons (Fsp3) is 0.750. The van der Waals surface area contributed by atoms with Crippen LogP contribution in [0.25, 0.3) is 0 Å². The van der Waals surface area contributed by atoms with E-state index in [0.717, 1.165) is 0 Å². The van der Waals surface area contributed by atoms with Crippen molar-refractivity contribution < 1.29 is 29.3 Å². The van der Waals surface area contributed by atoms with E-state index in [1.54, 1.807) is 0 Å². The molecule has 0 rings (SSSR count). The van der Waals surface area contributed by atoms with E-state index in [4.69, 9.17) is 10.2 Å². The lowest BCUT2D eigenvalue weighted by Gasteiger charge is -2.07. The monoisotopic (exact) mass is 206 g/mol. The third kappa shape index (κ3) is 6.38. The van der Waals surface area contributed by atoms with Gasteiger partial charge in [-0.3, -0.25) is 9.59 Å². The lowest BCUT2D eigenvalue weighted by molar-refractivity contribution is -0.151. The molecule has 0 amide bonds. The molecule has 1 unspecified atom stereocenters. The zero-order chi connectivity index (χ0) is 11.0. The number of aliphatic hydroxyl groups excluding tert-OH is 2. The van der Waals surface area contributed by atoms with Gasteiger partial charge in [-0.2, -0.15) is 0 Å². The maximum absolute atomic E-state index is 10.9. The Bertz CT molecular complexity index is 190. The van der Waals surface area contributed by atoms with Gasteiger partial charge >= 0.3 is 11.9 Å². The highest BCUT2D eigenvalue weighted by molar-refractivity contribution is 5.77. The number of aliphatic hydroxyl groups is 2. The Hall–Kier alpha value is -1.14. The topological polar surface area (TPSA) is 93.1 Å². The van der Waals surface area contributed by atoms with Gasteiger partial charge in [0, 0.05) is 0 Å². The summed E-state index contributed by atoms with van der Waals surface area (Å²) < 4.78 is 8.84. The summed E-state index contributed by atoms with van der Waals surface area (Å²) in [6.07, 6.45) is -1.22. The van der Waals surface area contributed by atoms with Crippen LogP contribution in [-0.4, -0.2) is 48.6 Å². The van der Waals surface area contributed by atoms with Gasteiger partial charge in [-0.25, -0.2) is 0 Å². The first-order valence-electron chi connectivity index (χ1n) is 4.11. The van der Waals surface area contributed by atoms with Gasteiger partial charge in [0.1, 0.15) is 12.7 Å². The van der Waals surface area contributed by atoms with Crippen LogP contribution in [0.3, 0.4) is 0 Å². The predicted octanol–water partition coefficient (Wildman–Crippen LogP) is -1.16. The summed E-state index contributed by atoms with van der Waals surface area (Å²) in [5.74, 6) is -1.10. The summed E-state index contributed by atoms with van der Waals surface area (Å²) in [5.41, 5.74) is 0. The Morgan fingerprint density at radius 3 is 2.36 bits per heavy atom. The molecule has 0 aliphatic heterocycles. The number of hydrogen-bond donors (Lipinski definition) is 2. The second-order valence-corrected chi connectivity index (χ2v) is 2.60. The lowest BCUT2D eigenvalue weighted by atomic mass is 10.3. The first kappa shape index (κ1) is 12.9. The molecule has 0 aromatic carbocycles. The molecule has 6 nitrogen and oxygen atoms in total. The highest BCUT2D eigenvalue weighted by Crippen LogP contribution is 1.95. The van der Waals surface area contributed by atoms with Gasteiger partial charge in [0.15, 0.2) is 0 Å². The van der Waals surface area contributed by atoms with Crippen molar-refractivity contribution in [2.45, 2.75) is 18.9 Å². The van der Waals surface area contributed by atoms with E-state index in [0.29, 0.717) is 0 Å². The van der Waals surface area contributed by atoms with Crippen LogP contribution in [-0.2, 0) is 19.1 Å². The molecule has 0 aromatic heterocycles. The van der Waals surface area contributed by atoms with Gasteiger partial charge in [0.25, 0.3) is 0 Å². The van der Waals surface area contributed by atoms with Crippen LogP contribution in [0.5, 0.6) is 0 Å². The average molecular weight is 206 g/mol. The quantitative estimate of drug-likeness (QED) is 0.532. The molecule has 0 radical (unpaired) electrons. The Morgan fingerprint density at radius 1 is 1.29 bits per heavy atom.